The number of hydrogen-bond donors (Lipinski definition) is 0. The normalized spacial score (nSPS) is 12.8. The summed E-state index contributed by atoms with van der Waals surface area (Å²) in [5, 5.41) is 9.15. The molecule has 0 spiro atoms. The Morgan fingerprint density at radius 3 is 2.77 bits per heavy atom. The van der Waals surface area contributed by atoms with E-state index in [4.69, 9.17) is 19.5 Å². The van der Waals surface area contributed by atoms with Gasteiger partial charge in [-0.05, 0) is 29.3 Å². The van der Waals surface area contributed by atoms with Gasteiger partial charge in [0.2, 0.25) is 6.79 Å². The summed E-state index contributed by atoms with van der Waals surface area (Å²) in [5.41, 5.74) is 1.90. The van der Waals surface area contributed by atoms with Crippen LogP contribution in [0.25, 0.3) is 6.08 Å². The number of esters is 1. The van der Waals surface area contributed by atoms with Gasteiger partial charge in [0.05, 0.1) is 6.61 Å². The number of fused-ring (bicyclic) bond motifs is 1. The van der Waals surface area contributed by atoms with Gasteiger partial charge in [-0.25, -0.2) is 4.79 Å². The van der Waals surface area contributed by atoms with Gasteiger partial charge in [0.25, 0.3) is 0 Å². The second kappa shape index (κ2) is 8.54. The Hall–Kier alpha value is -3.52. The number of nitriles is 1. The largest absolute Gasteiger partial charge is 0.461 e. The lowest BCUT2D eigenvalue weighted by atomic mass is 10.1. The zero-order chi connectivity index (χ0) is 18.2. The topological polar surface area (TPSA) is 68.5 Å². The first kappa shape index (κ1) is 17.3. The number of rotatable bonds is 6. The van der Waals surface area contributed by atoms with Gasteiger partial charge in [0.1, 0.15) is 11.6 Å². The van der Waals surface area contributed by atoms with Crippen LogP contribution in [0.1, 0.15) is 11.1 Å². The molecule has 0 bridgehead atoms. The van der Waals surface area contributed by atoms with Crippen molar-refractivity contribution in [3.8, 4) is 17.6 Å². The van der Waals surface area contributed by atoms with Crippen molar-refractivity contribution in [2.75, 3.05) is 13.4 Å². The SMILES string of the molecule is N#C/C(=C\C=C\c1ccc2c(c1)OCO2)C(=O)OCCc1ccccc1. The van der Waals surface area contributed by atoms with Crippen molar-refractivity contribution >= 4 is 12.0 Å². The molecule has 3 rings (SSSR count). The molecule has 5 heteroatoms. The summed E-state index contributed by atoms with van der Waals surface area (Å²) in [4.78, 5) is 12.0. The number of allylic oxidation sites excluding steroid dienone is 2. The lowest BCUT2D eigenvalue weighted by Gasteiger charge is -2.03. The molecule has 0 saturated carbocycles. The van der Waals surface area contributed by atoms with Crippen LogP contribution in [0.3, 0.4) is 0 Å². The van der Waals surface area contributed by atoms with Crippen molar-refractivity contribution in [2.24, 2.45) is 0 Å². The van der Waals surface area contributed by atoms with Gasteiger partial charge in [0.15, 0.2) is 11.5 Å². The number of nitrogens with zero attached hydrogens (tertiary/aromatic N) is 1. The molecule has 0 aromatic heterocycles. The Kier molecular flexibility index (Phi) is 5.69. The first-order chi connectivity index (χ1) is 12.8. The zero-order valence-corrected chi connectivity index (χ0v) is 14.1. The van der Waals surface area contributed by atoms with E-state index >= 15 is 0 Å². The number of carbonyl (C=O) groups is 1. The molecule has 130 valence electrons. The zero-order valence-electron chi connectivity index (χ0n) is 14.1. The van der Waals surface area contributed by atoms with E-state index in [9.17, 15) is 4.79 Å². The first-order valence-corrected chi connectivity index (χ1v) is 8.15. The van der Waals surface area contributed by atoms with Crippen LogP contribution in [0.15, 0.2) is 66.3 Å². The summed E-state index contributed by atoms with van der Waals surface area (Å²) in [6.45, 7) is 0.448. The predicted molar refractivity (Wildman–Crippen MR) is 96.4 cm³/mol. The maximum Gasteiger partial charge on any atom is 0.348 e. The quantitative estimate of drug-likeness (QED) is 0.345. The van der Waals surface area contributed by atoms with Crippen molar-refractivity contribution in [3.63, 3.8) is 0 Å². The predicted octanol–water partition coefficient (Wildman–Crippen LogP) is 3.66. The van der Waals surface area contributed by atoms with Crippen LogP contribution in [0.2, 0.25) is 0 Å². The molecule has 1 heterocycles. The van der Waals surface area contributed by atoms with Gasteiger partial charge < -0.3 is 14.2 Å². The average Bonchev–Trinajstić information content (AvgIpc) is 3.14. The van der Waals surface area contributed by atoms with Crippen LogP contribution in [-0.2, 0) is 16.0 Å². The Balaban J connectivity index is 1.55. The monoisotopic (exact) mass is 347 g/mol. The average molecular weight is 347 g/mol. The van der Waals surface area contributed by atoms with Crippen molar-refractivity contribution < 1.29 is 19.0 Å². The minimum Gasteiger partial charge on any atom is -0.461 e. The molecule has 2 aromatic carbocycles. The number of hydrogen-bond acceptors (Lipinski definition) is 5. The van der Waals surface area contributed by atoms with E-state index in [0.29, 0.717) is 17.9 Å². The van der Waals surface area contributed by atoms with Gasteiger partial charge in [-0.3, -0.25) is 0 Å². The molecular formula is C21H17NO4. The summed E-state index contributed by atoms with van der Waals surface area (Å²) in [7, 11) is 0. The molecular weight excluding hydrogens is 330 g/mol. The third-order valence-corrected chi connectivity index (χ3v) is 3.76. The minimum atomic E-state index is -0.626. The highest BCUT2D eigenvalue weighted by atomic mass is 16.7. The fraction of sp³-hybridized carbons (Fsp3) is 0.143. The van der Waals surface area contributed by atoms with E-state index in [1.165, 1.54) is 6.08 Å². The van der Waals surface area contributed by atoms with Crippen LogP contribution in [0, 0.1) is 11.3 Å². The van der Waals surface area contributed by atoms with E-state index < -0.39 is 5.97 Å². The molecule has 0 radical (unpaired) electrons. The van der Waals surface area contributed by atoms with Gasteiger partial charge in [0, 0.05) is 6.42 Å². The summed E-state index contributed by atoms with van der Waals surface area (Å²) in [5.74, 6) is 0.758. The Morgan fingerprint density at radius 2 is 1.96 bits per heavy atom. The van der Waals surface area contributed by atoms with Crippen LogP contribution >= 0.6 is 0 Å². The molecule has 0 fully saturated rings. The fourth-order valence-electron chi connectivity index (χ4n) is 2.41. The molecule has 0 aliphatic carbocycles. The Morgan fingerprint density at radius 1 is 1.15 bits per heavy atom. The number of ether oxygens (including phenoxy) is 3. The van der Waals surface area contributed by atoms with Crippen molar-refractivity contribution in [1.29, 1.82) is 5.26 Å². The first-order valence-electron chi connectivity index (χ1n) is 8.15. The number of carbonyl (C=O) groups excluding carboxylic acids is 1. The van der Waals surface area contributed by atoms with Gasteiger partial charge in [-0.1, -0.05) is 48.6 Å². The van der Waals surface area contributed by atoms with Crippen molar-refractivity contribution in [2.45, 2.75) is 6.42 Å². The van der Waals surface area contributed by atoms with E-state index in [1.54, 1.807) is 12.2 Å². The molecule has 1 aliphatic heterocycles. The van der Waals surface area contributed by atoms with Crippen molar-refractivity contribution in [3.05, 3.63) is 77.4 Å². The highest BCUT2D eigenvalue weighted by molar-refractivity contribution is 5.93. The fourth-order valence-corrected chi connectivity index (χ4v) is 2.41. The van der Waals surface area contributed by atoms with E-state index in [0.717, 1.165) is 11.1 Å². The third kappa shape index (κ3) is 4.52. The molecule has 0 amide bonds. The van der Waals surface area contributed by atoms with Crippen molar-refractivity contribution in [1.82, 2.24) is 0 Å². The molecule has 26 heavy (non-hydrogen) atoms. The minimum absolute atomic E-state index is 0.0462. The van der Waals surface area contributed by atoms with Gasteiger partial charge in [-0.2, -0.15) is 5.26 Å². The standard InChI is InChI=1S/C21H17NO4/c22-14-18(21(23)24-12-11-16-5-2-1-3-6-16)8-4-7-17-9-10-19-20(13-17)26-15-25-19/h1-10,13H,11-12,15H2/b7-4+,18-8+. The molecule has 0 atom stereocenters. The van der Waals surface area contributed by atoms with Crippen LogP contribution in [0.4, 0.5) is 0 Å². The Bertz CT molecular complexity index is 879. The lowest BCUT2D eigenvalue weighted by molar-refractivity contribution is -0.138. The molecule has 2 aromatic rings. The van der Waals surface area contributed by atoms with E-state index in [2.05, 4.69) is 0 Å². The smallest absolute Gasteiger partial charge is 0.348 e. The highest BCUT2D eigenvalue weighted by Crippen LogP contribution is 2.32. The second-order valence-electron chi connectivity index (χ2n) is 5.54. The lowest BCUT2D eigenvalue weighted by Crippen LogP contribution is -2.09. The third-order valence-electron chi connectivity index (χ3n) is 3.76. The highest BCUT2D eigenvalue weighted by Gasteiger charge is 2.12. The maximum absolute atomic E-state index is 12.0. The summed E-state index contributed by atoms with van der Waals surface area (Å²) in [6, 6.07) is 17.1. The molecule has 0 unspecified atom stereocenters. The summed E-state index contributed by atoms with van der Waals surface area (Å²) in [6.07, 6.45) is 5.46. The van der Waals surface area contributed by atoms with Crippen LogP contribution in [-0.4, -0.2) is 19.4 Å². The van der Waals surface area contributed by atoms with E-state index in [1.807, 2.05) is 54.6 Å². The van der Waals surface area contributed by atoms with E-state index in [-0.39, 0.29) is 19.0 Å². The second-order valence-corrected chi connectivity index (χ2v) is 5.54. The molecule has 0 N–H and O–H groups in total. The van der Waals surface area contributed by atoms with Crippen LogP contribution < -0.4 is 9.47 Å². The van der Waals surface area contributed by atoms with Gasteiger partial charge >= 0.3 is 5.97 Å². The molecule has 5 nitrogen and oxygen atoms in total. The summed E-state index contributed by atoms with van der Waals surface area (Å²) < 4.78 is 15.7. The Labute approximate surface area is 151 Å². The van der Waals surface area contributed by atoms with Gasteiger partial charge in [-0.15, -0.1) is 0 Å². The molecule has 0 saturated heterocycles. The maximum atomic E-state index is 12.0. The molecule has 1 aliphatic rings. The van der Waals surface area contributed by atoms with Crippen LogP contribution in [0.5, 0.6) is 11.5 Å². The number of benzene rings is 2. The summed E-state index contributed by atoms with van der Waals surface area (Å²) >= 11 is 0.